The molecule has 1 aliphatic carbocycles. The van der Waals surface area contributed by atoms with E-state index in [0.717, 1.165) is 25.7 Å². The quantitative estimate of drug-likeness (QED) is 0.399. The highest BCUT2D eigenvalue weighted by Crippen LogP contribution is 2.39. The van der Waals surface area contributed by atoms with Crippen LogP contribution in [0.25, 0.3) is 0 Å². The molecule has 3 aromatic carbocycles. The van der Waals surface area contributed by atoms with Crippen molar-refractivity contribution in [2.45, 2.75) is 43.7 Å². The van der Waals surface area contributed by atoms with Crippen molar-refractivity contribution in [2.75, 3.05) is 7.11 Å². The van der Waals surface area contributed by atoms with Crippen molar-refractivity contribution in [2.24, 2.45) is 5.92 Å². The maximum atomic E-state index is 11.7. The van der Waals surface area contributed by atoms with Crippen LogP contribution in [0.15, 0.2) is 91.0 Å². The molecule has 1 fully saturated rings. The molecule has 0 heterocycles. The highest BCUT2D eigenvalue weighted by atomic mass is 16.5. The van der Waals surface area contributed by atoms with E-state index in [-0.39, 0.29) is 5.97 Å². The van der Waals surface area contributed by atoms with Crippen LogP contribution in [0, 0.1) is 5.92 Å². The molecule has 3 nitrogen and oxygen atoms in total. The molecule has 4 rings (SSSR count). The third-order valence-electron chi connectivity index (χ3n) is 6.57. The number of methoxy groups -OCH3 is 1. The predicted molar refractivity (Wildman–Crippen MR) is 125 cm³/mol. The molecule has 0 unspecified atom stereocenters. The van der Waals surface area contributed by atoms with Gasteiger partial charge >= 0.3 is 5.97 Å². The Morgan fingerprint density at radius 1 is 0.774 bits per heavy atom. The van der Waals surface area contributed by atoms with Gasteiger partial charge in [0.1, 0.15) is 0 Å². The summed E-state index contributed by atoms with van der Waals surface area (Å²) in [5, 5.41) is 4.09. The highest BCUT2D eigenvalue weighted by molar-refractivity contribution is 5.69. The first-order chi connectivity index (χ1) is 15.2. The summed E-state index contributed by atoms with van der Waals surface area (Å²) in [5.41, 5.74) is 3.29. The lowest BCUT2D eigenvalue weighted by atomic mass is 9.75. The summed E-state index contributed by atoms with van der Waals surface area (Å²) in [4.78, 5) is 11.7. The molecule has 160 valence electrons. The van der Waals surface area contributed by atoms with Gasteiger partial charge in [0, 0.05) is 12.5 Å². The van der Waals surface area contributed by atoms with E-state index in [4.69, 9.17) is 4.74 Å². The molecule has 1 aliphatic rings. The zero-order valence-electron chi connectivity index (χ0n) is 18.2. The summed E-state index contributed by atoms with van der Waals surface area (Å²) in [6, 6.07) is 32.6. The van der Waals surface area contributed by atoms with Crippen LogP contribution < -0.4 is 5.32 Å². The molecule has 1 N–H and O–H groups in total. The summed E-state index contributed by atoms with van der Waals surface area (Å²) >= 11 is 0. The lowest BCUT2D eigenvalue weighted by Gasteiger charge is -2.42. The summed E-state index contributed by atoms with van der Waals surface area (Å²) in [6.45, 7) is 0. The smallest absolute Gasteiger partial charge is 0.305 e. The second-order valence-electron chi connectivity index (χ2n) is 8.49. The number of carbonyl (C=O) groups is 1. The number of rotatable bonds is 7. The van der Waals surface area contributed by atoms with Crippen LogP contribution in [-0.4, -0.2) is 19.1 Å². The van der Waals surface area contributed by atoms with Crippen molar-refractivity contribution in [1.29, 1.82) is 0 Å². The Bertz CT molecular complexity index is 851. The average molecular weight is 414 g/mol. The zero-order valence-corrected chi connectivity index (χ0v) is 18.2. The van der Waals surface area contributed by atoms with Crippen molar-refractivity contribution in [3.05, 3.63) is 108 Å². The lowest BCUT2D eigenvalue weighted by Crippen LogP contribution is -2.50. The average Bonchev–Trinajstić information content (AvgIpc) is 2.85. The number of hydrogen-bond acceptors (Lipinski definition) is 3. The molecule has 0 atom stereocenters. The predicted octanol–water partition coefficient (Wildman–Crippen LogP) is 5.69. The van der Waals surface area contributed by atoms with E-state index in [0.29, 0.717) is 18.4 Å². The second kappa shape index (κ2) is 9.93. The van der Waals surface area contributed by atoms with Crippen LogP contribution in [0.5, 0.6) is 0 Å². The van der Waals surface area contributed by atoms with Gasteiger partial charge in [0.2, 0.25) is 0 Å². The van der Waals surface area contributed by atoms with E-state index in [1.807, 2.05) is 0 Å². The number of hydrogen-bond donors (Lipinski definition) is 1. The van der Waals surface area contributed by atoms with E-state index >= 15 is 0 Å². The Labute approximate surface area is 185 Å². The Balaban J connectivity index is 1.69. The maximum absolute atomic E-state index is 11.7. The van der Waals surface area contributed by atoms with Crippen molar-refractivity contribution in [1.82, 2.24) is 5.32 Å². The first-order valence-corrected chi connectivity index (χ1v) is 11.2. The number of benzene rings is 3. The molecular weight excluding hydrogens is 382 g/mol. The summed E-state index contributed by atoms with van der Waals surface area (Å²) < 4.78 is 4.88. The van der Waals surface area contributed by atoms with Crippen LogP contribution in [0.4, 0.5) is 0 Å². The normalized spacial score (nSPS) is 19.0. The SMILES string of the molecule is COC(=O)CC1CCC(NC(c2ccccc2)(c2ccccc2)c2ccccc2)CC1. The molecule has 0 bridgehead atoms. The van der Waals surface area contributed by atoms with E-state index < -0.39 is 5.54 Å². The highest BCUT2D eigenvalue weighted by Gasteiger charge is 2.38. The molecule has 0 amide bonds. The molecule has 0 aliphatic heterocycles. The van der Waals surface area contributed by atoms with Gasteiger partial charge in [-0.25, -0.2) is 0 Å². The zero-order chi connectivity index (χ0) is 21.5. The van der Waals surface area contributed by atoms with Crippen LogP contribution in [0.3, 0.4) is 0 Å². The molecule has 3 aromatic rings. The van der Waals surface area contributed by atoms with Gasteiger partial charge < -0.3 is 4.74 Å². The molecule has 3 heteroatoms. The van der Waals surface area contributed by atoms with Gasteiger partial charge in [0.05, 0.1) is 12.6 Å². The third-order valence-corrected chi connectivity index (χ3v) is 6.57. The van der Waals surface area contributed by atoms with Gasteiger partial charge in [-0.2, -0.15) is 0 Å². The van der Waals surface area contributed by atoms with Crippen LogP contribution in [0.2, 0.25) is 0 Å². The van der Waals surface area contributed by atoms with Gasteiger partial charge in [0.25, 0.3) is 0 Å². The van der Waals surface area contributed by atoms with Crippen molar-refractivity contribution in [3.8, 4) is 0 Å². The summed E-state index contributed by atoms with van der Waals surface area (Å²) in [6.07, 6.45) is 4.72. The standard InChI is InChI=1S/C28H31NO2/c1-31-27(30)21-22-17-19-26(20-18-22)29-28(23-11-5-2-6-12-23,24-13-7-3-8-14-24)25-15-9-4-10-16-25/h2-16,22,26,29H,17-21H2,1H3. The Morgan fingerprint density at radius 3 is 1.58 bits per heavy atom. The lowest BCUT2D eigenvalue weighted by molar-refractivity contribution is -0.142. The molecular formula is C28H31NO2. The second-order valence-corrected chi connectivity index (χ2v) is 8.49. The molecule has 0 radical (unpaired) electrons. The van der Waals surface area contributed by atoms with Crippen molar-refractivity contribution < 1.29 is 9.53 Å². The monoisotopic (exact) mass is 413 g/mol. The number of carbonyl (C=O) groups excluding carboxylic acids is 1. The fraction of sp³-hybridized carbons (Fsp3) is 0.321. The Kier molecular flexibility index (Phi) is 6.83. The van der Waals surface area contributed by atoms with Gasteiger partial charge in [-0.1, -0.05) is 91.0 Å². The maximum Gasteiger partial charge on any atom is 0.305 e. The molecule has 0 aromatic heterocycles. The van der Waals surface area contributed by atoms with Crippen LogP contribution in [0.1, 0.15) is 48.8 Å². The molecule has 0 saturated heterocycles. The third kappa shape index (κ3) is 4.72. The fourth-order valence-corrected chi connectivity index (χ4v) is 4.95. The van der Waals surface area contributed by atoms with Gasteiger partial charge in [0.15, 0.2) is 0 Å². The minimum atomic E-state index is -0.427. The summed E-state index contributed by atoms with van der Waals surface area (Å²) in [7, 11) is 1.48. The fourth-order valence-electron chi connectivity index (χ4n) is 4.95. The molecule has 1 saturated carbocycles. The largest absolute Gasteiger partial charge is 0.469 e. The Morgan fingerprint density at radius 2 is 1.19 bits per heavy atom. The summed E-state index contributed by atoms with van der Waals surface area (Å²) in [5.74, 6) is 0.327. The van der Waals surface area contributed by atoms with E-state index in [1.165, 1.54) is 23.8 Å². The molecule has 31 heavy (non-hydrogen) atoms. The van der Waals surface area contributed by atoms with Crippen molar-refractivity contribution in [3.63, 3.8) is 0 Å². The first kappa shape index (κ1) is 21.3. The van der Waals surface area contributed by atoms with E-state index in [9.17, 15) is 4.79 Å². The van der Waals surface area contributed by atoms with E-state index in [2.05, 4.69) is 96.3 Å². The van der Waals surface area contributed by atoms with Gasteiger partial charge in [-0.15, -0.1) is 0 Å². The van der Waals surface area contributed by atoms with Crippen LogP contribution in [-0.2, 0) is 15.1 Å². The topological polar surface area (TPSA) is 38.3 Å². The Hall–Kier alpha value is -2.91. The first-order valence-electron chi connectivity index (χ1n) is 11.2. The number of esters is 1. The molecule has 0 spiro atoms. The minimum Gasteiger partial charge on any atom is -0.469 e. The van der Waals surface area contributed by atoms with Crippen molar-refractivity contribution >= 4 is 5.97 Å². The minimum absolute atomic E-state index is 0.0939. The van der Waals surface area contributed by atoms with Gasteiger partial charge in [-0.05, 0) is 48.3 Å². The van der Waals surface area contributed by atoms with Crippen LogP contribution >= 0.6 is 0 Å². The van der Waals surface area contributed by atoms with Gasteiger partial charge in [-0.3, -0.25) is 10.1 Å². The number of nitrogens with one attached hydrogen (secondary N) is 1. The van der Waals surface area contributed by atoms with E-state index in [1.54, 1.807) is 0 Å². The number of ether oxygens (including phenoxy) is 1.